The summed E-state index contributed by atoms with van der Waals surface area (Å²) in [6.07, 6.45) is 1.13. The first-order valence-corrected chi connectivity index (χ1v) is 8.42. The van der Waals surface area contributed by atoms with Crippen molar-refractivity contribution in [3.63, 3.8) is 0 Å². The average Bonchev–Trinajstić information content (AvgIpc) is 2.39. The fourth-order valence-electron chi connectivity index (χ4n) is 2.10. The molecular weight excluding hydrogens is 318 g/mol. The Kier molecular flexibility index (Phi) is 7.68. The van der Waals surface area contributed by atoms with Gasteiger partial charge in [-0.25, -0.2) is 0 Å². The fourth-order valence-corrected chi connectivity index (χ4v) is 3.44. The molecule has 1 aromatic rings. The summed E-state index contributed by atoms with van der Waals surface area (Å²) in [6, 6.07) is 7.25. The molecule has 0 bridgehead atoms. The minimum atomic E-state index is -0.223. The molecule has 22 heavy (non-hydrogen) atoms. The SMILES string of the molecule is CC(=O)CC(=O)SC(S)CCC(C(C)=O)c1ccc(N)cc1. The molecule has 4 nitrogen and oxygen atoms in total. The molecule has 2 unspecified atom stereocenters. The average molecular weight is 339 g/mol. The van der Waals surface area contributed by atoms with Crippen LogP contribution in [0.5, 0.6) is 0 Å². The highest BCUT2D eigenvalue weighted by Crippen LogP contribution is 2.29. The van der Waals surface area contributed by atoms with Gasteiger partial charge < -0.3 is 5.73 Å². The van der Waals surface area contributed by atoms with E-state index in [1.54, 1.807) is 19.1 Å². The number of benzene rings is 1. The first-order chi connectivity index (χ1) is 10.3. The Bertz CT molecular complexity index is 543. The molecule has 0 aromatic heterocycles. The molecule has 6 heteroatoms. The third kappa shape index (κ3) is 6.66. The quantitative estimate of drug-likeness (QED) is 0.329. The largest absolute Gasteiger partial charge is 0.399 e. The van der Waals surface area contributed by atoms with E-state index >= 15 is 0 Å². The van der Waals surface area contributed by atoms with Gasteiger partial charge in [0.1, 0.15) is 11.6 Å². The van der Waals surface area contributed by atoms with E-state index in [9.17, 15) is 14.4 Å². The highest BCUT2D eigenvalue weighted by atomic mass is 32.2. The molecule has 0 aliphatic carbocycles. The topological polar surface area (TPSA) is 77.2 Å². The Morgan fingerprint density at radius 1 is 1.14 bits per heavy atom. The van der Waals surface area contributed by atoms with Crippen molar-refractivity contribution in [2.45, 2.75) is 43.6 Å². The maximum absolute atomic E-state index is 11.8. The molecule has 0 saturated carbocycles. The summed E-state index contributed by atoms with van der Waals surface area (Å²) < 4.78 is -0.220. The zero-order chi connectivity index (χ0) is 16.7. The van der Waals surface area contributed by atoms with Crippen LogP contribution < -0.4 is 5.73 Å². The van der Waals surface area contributed by atoms with Gasteiger partial charge in [0.25, 0.3) is 0 Å². The monoisotopic (exact) mass is 339 g/mol. The number of nitrogens with two attached hydrogens (primary N) is 1. The van der Waals surface area contributed by atoms with Gasteiger partial charge in [0, 0.05) is 11.6 Å². The van der Waals surface area contributed by atoms with Crippen LogP contribution >= 0.6 is 24.4 Å². The number of Topliss-reactive ketones (excluding diaryl/α,β-unsaturated/α-hetero) is 2. The third-order valence-corrected chi connectivity index (χ3v) is 4.68. The van der Waals surface area contributed by atoms with Gasteiger partial charge in [-0.05, 0) is 44.4 Å². The van der Waals surface area contributed by atoms with Gasteiger partial charge in [-0.3, -0.25) is 14.4 Å². The number of thioether (sulfide) groups is 1. The van der Waals surface area contributed by atoms with Crippen molar-refractivity contribution in [1.29, 1.82) is 0 Å². The Labute approximate surface area is 140 Å². The van der Waals surface area contributed by atoms with E-state index in [-0.39, 0.29) is 33.6 Å². The normalized spacial score (nSPS) is 13.4. The molecule has 0 heterocycles. The summed E-state index contributed by atoms with van der Waals surface area (Å²) in [5, 5.41) is -0.181. The lowest BCUT2D eigenvalue weighted by atomic mass is 9.91. The van der Waals surface area contributed by atoms with Crippen LogP contribution in [0.2, 0.25) is 0 Å². The standard InChI is InChI=1S/C16H21NO3S2/c1-10(18)9-15(20)22-16(21)8-7-14(11(2)19)12-3-5-13(17)6-4-12/h3-6,14,16,21H,7-9,17H2,1-2H3. The summed E-state index contributed by atoms with van der Waals surface area (Å²) in [5.74, 6) is -0.300. The molecule has 0 amide bonds. The van der Waals surface area contributed by atoms with Gasteiger partial charge in [0.2, 0.25) is 0 Å². The summed E-state index contributed by atoms with van der Waals surface area (Å²) in [7, 11) is 0. The van der Waals surface area contributed by atoms with Crippen molar-refractivity contribution >= 4 is 46.8 Å². The smallest absolute Gasteiger partial charge is 0.197 e. The van der Waals surface area contributed by atoms with Gasteiger partial charge in [-0.15, -0.1) is 0 Å². The maximum atomic E-state index is 11.8. The van der Waals surface area contributed by atoms with Gasteiger partial charge >= 0.3 is 0 Å². The van der Waals surface area contributed by atoms with Crippen LogP contribution in [0, 0.1) is 0 Å². The molecule has 1 rings (SSSR count). The lowest BCUT2D eigenvalue weighted by Crippen LogP contribution is -2.12. The second-order valence-electron chi connectivity index (χ2n) is 5.23. The van der Waals surface area contributed by atoms with Gasteiger partial charge in [0.05, 0.1) is 11.0 Å². The van der Waals surface area contributed by atoms with Crippen molar-refractivity contribution in [1.82, 2.24) is 0 Å². The van der Waals surface area contributed by atoms with E-state index in [4.69, 9.17) is 5.73 Å². The zero-order valence-corrected chi connectivity index (χ0v) is 14.5. The number of anilines is 1. The number of hydrogen-bond donors (Lipinski definition) is 2. The molecule has 0 fully saturated rings. The molecule has 0 radical (unpaired) electrons. The summed E-state index contributed by atoms with van der Waals surface area (Å²) in [6.45, 7) is 2.95. The number of carbonyl (C=O) groups is 3. The van der Waals surface area contributed by atoms with Crippen molar-refractivity contribution in [3.05, 3.63) is 29.8 Å². The fraction of sp³-hybridized carbons (Fsp3) is 0.438. The highest BCUT2D eigenvalue weighted by molar-refractivity contribution is 8.20. The zero-order valence-electron chi connectivity index (χ0n) is 12.7. The van der Waals surface area contributed by atoms with Crippen molar-refractivity contribution in [3.8, 4) is 0 Å². The minimum Gasteiger partial charge on any atom is -0.399 e. The van der Waals surface area contributed by atoms with Crippen LogP contribution in [0.15, 0.2) is 24.3 Å². The third-order valence-electron chi connectivity index (χ3n) is 3.19. The van der Waals surface area contributed by atoms with E-state index < -0.39 is 0 Å². The lowest BCUT2D eigenvalue weighted by Gasteiger charge is -2.16. The molecule has 0 aliphatic rings. The first-order valence-electron chi connectivity index (χ1n) is 7.02. The van der Waals surface area contributed by atoms with Gasteiger partial charge in [-0.2, -0.15) is 12.6 Å². The van der Waals surface area contributed by atoms with E-state index in [1.165, 1.54) is 6.92 Å². The summed E-state index contributed by atoms with van der Waals surface area (Å²) in [5.41, 5.74) is 7.23. The van der Waals surface area contributed by atoms with Crippen LogP contribution in [0.1, 0.15) is 44.6 Å². The number of ketones is 2. The Balaban J connectivity index is 2.58. The number of rotatable bonds is 8. The Hall–Kier alpha value is -1.27. The number of thiol groups is 1. The van der Waals surface area contributed by atoms with E-state index in [0.717, 1.165) is 17.3 Å². The number of carbonyl (C=O) groups excluding carboxylic acids is 3. The Morgan fingerprint density at radius 2 is 1.73 bits per heavy atom. The Morgan fingerprint density at radius 3 is 2.23 bits per heavy atom. The molecule has 2 atom stereocenters. The van der Waals surface area contributed by atoms with E-state index in [1.807, 2.05) is 12.1 Å². The number of hydrogen-bond acceptors (Lipinski definition) is 6. The molecule has 0 spiro atoms. The summed E-state index contributed by atoms with van der Waals surface area (Å²) >= 11 is 5.42. The second kappa shape index (κ2) is 9.00. The first kappa shape index (κ1) is 18.8. The molecule has 0 saturated heterocycles. The van der Waals surface area contributed by atoms with Crippen molar-refractivity contribution < 1.29 is 14.4 Å². The molecule has 2 N–H and O–H groups in total. The molecule has 120 valence electrons. The van der Waals surface area contributed by atoms with E-state index in [0.29, 0.717) is 18.5 Å². The predicted octanol–water partition coefficient (Wildman–Crippen LogP) is 3.22. The van der Waals surface area contributed by atoms with Crippen LogP contribution in [-0.4, -0.2) is 21.3 Å². The summed E-state index contributed by atoms with van der Waals surface area (Å²) in [4.78, 5) is 34.3. The van der Waals surface area contributed by atoms with Crippen LogP contribution in [0.3, 0.4) is 0 Å². The number of nitrogen functional groups attached to an aromatic ring is 1. The van der Waals surface area contributed by atoms with Gasteiger partial charge in [-0.1, -0.05) is 23.9 Å². The lowest BCUT2D eigenvalue weighted by molar-refractivity contribution is -0.122. The van der Waals surface area contributed by atoms with Crippen LogP contribution in [0.25, 0.3) is 0 Å². The molecular formula is C16H21NO3S2. The van der Waals surface area contributed by atoms with Crippen molar-refractivity contribution in [2.75, 3.05) is 5.73 Å². The van der Waals surface area contributed by atoms with E-state index in [2.05, 4.69) is 12.6 Å². The minimum absolute atomic E-state index is 0.0736. The second-order valence-corrected chi connectivity index (χ2v) is 7.46. The van der Waals surface area contributed by atoms with Crippen LogP contribution in [-0.2, 0) is 14.4 Å². The van der Waals surface area contributed by atoms with Crippen LogP contribution in [0.4, 0.5) is 5.69 Å². The van der Waals surface area contributed by atoms with Gasteiger partial charge in [0.15, 0.2) is 5.12 Å². The predicted molar refractivity (Wildman–Crippen MR) is 94.2 cm³/mol. The molecule has 1 aromatic carbocycles. The van der Waals surface area contributed by atoms with Crippen molar-refractivity contribution in [2.24, 2.45) is 0 Å². The molecule has 0 aliphatic heterocycles. The maximum Gasteiger partial charge on any atom is 0.197 e. The highest BCUT2D eigenvalue weighted by Gasteiger charge is 2.19.